The molecule has 0 amide bonds. The Hall–Kier alpha value is -2.18. The van der Waals surface area contributed by atoms with Crippen molar-refractivity contribution in [3.63, 3.8) is 0 Å². The largest absolute Gasteiger partial charge is 0.382 e. The Bertz CT molecular complexity index is 300. The number of hydrogen-bond acceptors (Lipinski definition) is 2. The number of nitrogens with one attached hydrogen (secondary N) is 1. The Balaban J connectivity index is 0. The number of nitrogens with zero attached hydrogens (tertiary/aromatic N) is 1. The van der Waals surface area contributed by atoms with Crippen LogP contribution in [0.3, 0.4) is 0 Å². The van der Waals surface area contributed by atoms with E-state index < -0.39 is 0 Å². The van der Waals surface area contributed by atoms with E-state index in [-0.39, 0.29) is 14.9 Å². The molecule has 3 heteroatoms. The summed E-state index contributed by atoms with van der Waals surface area (Å²) in [5, 5.41) is 3.41. The molecule has 0 aliphatic carbocycles. The molecule has 0 bridgehead atoms. The monoisotopic (exact) mass is 459 g/mol. The fraction of sp³-hybridized carbons (Fsp3) is 0.462. The predicted octanol–water partition coefficient (Wildman–Crippen LogP) is 3.41. The van der Waals surface area contributed by atoms with Gasteiger partial charge in [0.1, 0.15) is 0 Å². The van der Waals surface area contributed by atoms with Crippen LogP contribution in [0.5, 0.6) is 0 Å². The Morgan fingerprint density at radius 1 is 1.25 bits per heavy atom. The second-order valence-electron chi connectivity index (χ2n) is 3.73. The quantitative estimate of drug-likeness (QED) is 0.648. The van der Waals surface area contributed by atoms with Crippen molar-refractivity contribution in [3.8, 4) is 0 Å². The van der Waals surface area contributed by atoms with Gasteiger partial charge in [-0.1, -0.05) is 19.6 Å². The van der Waals surface area contributed by atoms with E-state index >= 15 is 0 Å². The average molecular weight is 459 g/mol. The first-order valence-corrected chi connectivity index (χ1v) is 4.88. The molecule has 1 radical (unpaired) electrons. The minimum absolute atomic E-state index is 0. The summed E-state index contributed by atoms with van der Waals surface area (Å²) >= 11 is 0. The first-order chi connectivity index (χ1) is 6.29. The van der Waals surface area contributed by atoms with Gasteiger partial charge in [-0.15, -0.1) is 0 Å². The molecule has 0 spiro atoms. The maximum Gasteiger partial charge on any atom is 0.0604 e. The molecule has 0 saturated carbocycles. The van der Waals surface area contributed by atoms with Crippen LogP contribution >= 0.6 is 0 Å². The zero-order valence-electron chi connectivity index (χ0n) is 9.55. The number of hydrogen-bond donors (Lipinski definition) is 1. The van der Waals surface area contributed by atoms with Crippen molar-refractivity contribution in [2.24, 2.45) is 0 Å². The maximum absolute atomic E-state index is 3.41. The van der Waals surface area contributed by atoms with Crippen LogP contribution in [-0.4, -0.2) is 19.1 Å². The molecule has 1 aromatic rings. The molecule has 1 aliphatic rings. The minimum atomic E-state index is 0. The Morgan fingerprint density at radius 3 is 2.50 bits per heavy atom. The second kappa shape index (κ2) is 6.33. The van der Waals surface area contributed by atoms with Crippen molar-refractivity contribution < 1.29 is 0 Å². The standard InChI is InChI=1S/C11H16N2.CH4.CH3.Es/c1-9(2)13-8-7-12-10-5-3-4-6-11(10)13;;;/h3-6,9,12H,7-8H2,1-2H3;1H4;1H3;/q;;-1;. The summed E-state index contributed by atoms with van der Waals surface area (Å²) < 4.78 is 0. The van der Waals surface area contributed by atoms with Gasteiger partial charge in [-0.2, -0.15) is 0 Å². The van der Waals surface area contributed by atoms with Gasteiger partial charge in [0.2, 0.25) is 0 Å². The zero-order chi connectivity index (χ0) is 9.26. The summed E-state index contributed by atoms with van der Waals surface area (Å²) in [7, 11) is 0. The summed E-state index contributed by atoms with van der Waals surface area (Å²) in [6.07, 6.45) is 0. The molecule has 0 unspecified atom stereocenters. The summed E-state index contributed by atoms with van der Waals surface area (Å²) in [4.78, 5) is 2.44. The molecule has 1 N–H and O–H groups in total. The topological polar surface area (TPSA) is 15.3 Å². The molecule has 97 valence electrons. The molecule has 1 aromatic carbocycles. The van der Waals surface area contributed by atoms with Crippen LogP contribution in [0.4, 0.5) is 11.4 Å². The van der Waals surface area contributed by atoms with Gasteiger partial charge in [-0.25, -0.2) is 0 Å². The van der Waals surface area contributed by atoms with Gasteiger partial charge in [-0.05, 0) is 26.0 Å². The van der Waals surface area contributed by atoms with Crippen molar-refractivity contribution in [2.75, 3.05) is 23.3 Å². The van der Waals surface area contributed by atoms with E-state index in [0.29, 0.717) is 6.04 Å². The summed E-state index contributed by atoms with van der Waals surface area (Å²) in [6.45, 7) is 6.63. The molecule has 2 rings (SSSR count). The van der Waals surface area contributed by atoms with E-state index in [2.05, 4.69) is 48.3 Å². The minimum Gasteiger partial charge on any atom is -0.382 e. The number of fused-ring (bicyclic) bond motifs is 1. The van der Waals surface area contributed by atoms with Crippen LogP contribution in [0.15, 0.2) is 24.3 Å². The number of rotatable bonds is 1. The molecule has 0 atom stereocenters. The van der Waals surface area contributed by atoms with E-state index in [1.54, 1.807) is 0 Å². The molecule has 1 heterocycles. The third-order valence-electron chi connectivity index (χ3n) is 2.50. The summed E-state index contributed by atoms with van der Waals surface area (Å²) in [6, 6.07) is 9.09. The molecule has 16 heavy (non-hydrogen) atoms. The number of para-hydroxylation sites is 2. The van der Waals surface area contributed by atoms with Gasteiger partial charge < -0.3 is 17.6 Å². The van der Waals surface area contributed by atoms with E-state index in [1.807, 2.05) is 0 Å². The van der Waals surface area contributed by atoms with Crippen molar-refractivity contribution in [3.05, 3.63) is 31.7 Å². The molecule has 1 aliphatic heterocycles. The van der Waals surface area contributed by atoms with Crippen molar-refractivity contribution >= 4 is 11.4 Å². The molecular weight excluding hydrogens is 436 g/mol. The number of benzene rings is 1. The molecule has 0 aromatic heterocycles. The van der Waals surface area contributed by atoms with Crippen LogP contribution in [0, 0.1) is 7.43 Å². The fourth-order valence-corrected chi connectivity index (χ4v) is 1.84. The van der Waals surface area contributed by atoms with Gasteiger partial charge in [0, 0.05) is 19.1 Å². The van der Waals surface area contributed by atoms with Crippen molar-refractivity contribution in [2.45, 2.75) is 27.3 Å². The van der Waals surface area contributed by atoms with E-state index in [0.717, 1.165) is 13.1 Å². The Morgan fingerprint density at radius 2 is 1.88 bits per heavy atom. The van der Waals surface area contributed by atoms with Crippen LogP contribution in [0.2, 0.25) is 0 Å². The van der Waals surface area contributed by atoms with Crippen LogP contribution < -0.4 is 10.2 Å². The summed E-state index contributed by atoms with van der Waals surface area (Å²) in [5.74, 6) is 0. The van der Waals surface area contributed by atoms with E-state index in [1.165, 1.54) is 11.4 Å². The smallest absolute Gasteiger partial charge is 0.0604 e. The summed E-state index contributed by atoms with van der Waals surface area (Å²) in [5.41, 5.74) is 2.60. The molecule has 0 saturated heterocycles. The van der Waals surface area contributed by atoms with Gasteiger partial charge >= 0.3 is 0 Å². The normalized spacial score (nSPS) is 12.6. The predicted molar refractivity (Wildman–Crippen MR) is 70.6 cm³/mol. The average Bonchev–Trinajstić information content (AvgIpc) is 2.17. The van der Waals surface area contributed by atoms with Gasteiger partial charge in [0.15, 0.2) is 0 Å². The zero-order valence-corrected chi connectivity index (χ0v) is 12.1. The first-order valence-electron chi connectivity index (χ1n) is 4.88. The molecule has 0 fully saturated rings. The maximum atomic E-state index is 3.41. The van der Waals surface area contributed by atoms with Crippen LogP contribution in [0.1, 0.15) is 21.3 Å². The van der Waals surface area contributed by atoms with Crippen LogP contribution in [-0.2, 0) is 0 Å². The third-order valence-corrected chi connectivity index (χ3v) is 2.50. The van der Waals surface area contributed by atoms with E-state index in [4.69, 9.17) is 0 Å². The van der Waals surface area contributed by atoms with Gasteiger partial charge in [0.25, 0.3) is 0 Å². The molecule has 2 nitrogen and oxygen atoms in total. The number of anilines is 2. The Labute approximate surface area is 94.3 Å². The second-order valence-corrected chi connectivity index (χ2v) is 3.73. The van der Waals surface area contributed by atoms with Crippen LogP contribution in [0.25, 0.3) is 0 Å². The fourth-order valence-electron chi connectivity index (χ4n) is 1.84. The molecular formula is C13H23EsN2-. The SMILES string of the molecule is C.CC(C)N1CCNc2ccccc21.[CH3-].[Es]. The van der Waals surface area contributed by atoms with Gasteiger partial charge in [0.05, 0.1) is 11.4 Å². The Kier molecular flexibility index (Phi) is 6.43. The van der Waals surface area contributed by atoms with Gasteiger partial charge in [-0.3, -0.25) is 0 Å². The van der Waals surface area contributed by atoms with E-state index in [9.17, 15) is 0 Å². The van der Waals surface area contributed by atoms with Crippen molar-refractivity contribution in [1.29, 1.82) is 0 Å². The first kappa shape index (κ1) is 16.3. The van der Waals surface area contributed by atoms with Crippen molar-refractivity contribution in [1.82, 2.24) is 0 Å². The third kappa shape index (κ3) is 2.66.